The molecule has 184 valence electrons. The zero-order chi connectivity index (χ0) is 24.4. The van der Waals surface area contributed by atoms with Crippen LogP contribution in [-0.2, 0) is 22.6 Å². The van der Waals surface area contributed by atoms with Crippen LogP contribution < -0.4 is 5.73 Å². The van der Waals surface area contributed by atoms with Gasteiger partial charge in [-0.3, -0.25) is 19.9 Å². The molecule has 2 aliphatic rings. The number of nitrogens with zero attached hydrogens (tertiary/aromatic N) is 3. The summed E-state index contributed by atoms with van der Waals surface area (Å²) in [6.45, 7) is 6.07. The molecule has 3 heterocycles. The van der Waals surface area contributed by atoms with E-state index in [1.165, 1.54) is 5.69 Å². The first kappa shape index (κ1) is 24.3. The Morgan fingerprint density at radius 3 is 2.68 bits per heavy atom. The van der Waals surface area contributed by atoms with Crippen LogP contribution in [0.3, 0.4) is 0 Å². The van der Waals surface area contributed by atoms with Crippen molar-refractivity contribution in [2.75, 3.05) is 13.1 Å². The molecule has 8 nitrogen and oxygen atoms in total. The molecular formula is C26H37N5O3. The molecule has 4 N–H and O–H groups in total. The molecule has 1 amide bonds. The summed E-state index contributed by atoms with van der Waals surface area (Å²) >= 11 is 0. The zero-order valence-electron chi connectivity index (χ0n) is 20.3. The van der Waals surface area contributed by atoms with Crippen LogP contribution >= 0.6 is 0 Å². The van der Waals surface area contributed by atoms with E-state index < -0.39 is 12.0 Å². The number of fused-ring (bicyclic) bond motifs is 1. The third-order valence-corrected chi connectivity index (χ3v) is 7.70. The number of rotatable bonds is 8. The van der Waals surface area contributed by atoms with Crippen molar-refractivity contribution in [1.29, 1.82) is 5.41 Å². The molecular weight excluding hydrogens is 430 g/mol. The molecule has 0 aliphatic carbocycles. The van der Waals surface area contributed by atoms with Gasteiger partial charge in [-0.05, 0) is 76.4 Å². The number of aliphatic carboxylic acids is 1. The smallest absolute Gasteiger partial charge is 0.320 e. The van der Waals surface area contributed by atoms with E-state index in [1.807, 2.05) is 28.0 Å². The number of hydrogen-bond donors (Lipinski definition) is 3. The van der Waals surface area contributed by atoms with Gasteiger partial charge in [0.1, 0.15) is 11.9 Å². The summed E-state index contributed by atoms with van der Waals surface area (Å²) in [5.41, 5.74) is 8.74. The highest BCUT2D eigenvalue weighted by molar-refractivity contribution is 5.98. The number of hydrogen-bond acceptors (Lipinski definition) is 4. The van der Waals surface area contributed by atoms with Crippen LogP contribution in [0.5, 0.6) is 0 Å². The minimum absolute atomic E-state index is 0.0707. The third kappa shape index (κ3) is 4.69. The van der Waals surface area contributed by atoms with Gasteiger partial charge in [-0.25, -0.2) is 0 Å². The SMILES string of the molecule is CCn1c(CCC2CCCN2C(=O)C2CCCCN2C(C)C(=O)O)cc2ccc(C(=N)N)cc21. The summed E-state index contributed by atoms with van der Waals surface area (Å²) in [6, 6.07) is 7.32. The molecule has 8 heteroatoms. The van der Waals surface area contributed by atoms with E-state index in [0.29, 0.717) is 6.54 Å². The van der Waals surface area contributed by atoms with Gasteiger partial charge in [0.05, 0.1) is 6.04 Å². The van der Waals surface area contributed by atoms with Crippen LogP contribution in [-0.4, -0.2) is 68.4 Å². The molecule has 4 rings (SSSR count). The Labute approximate surface area is 201 Å². The monoisotopic (exact) mass is 467 g/mol. The number of benzene rings is 1. The summed E-state index contributed by atoms with van der Waals surface area (Å²) in [5.74, 6) is -0.684. The van der Waals surface area contributed by atoms with E-state index in [9.17, 15) is 14.7 Å². The highest BCUT2D eigenvalue weighted by atomic mass is 16.4. The van der Waals surface area contributed by atoms with Crippen molar-refractivity contribution < 1.29 is 14.7 Å². The quantitative estimate of drug-likeness (QED) is 0.407. The second-order valence-electron chi connectivity index (χ2n) is 9.70. The lowest BCUT2D eigenvalue weighted by atomic mass is 9.98. The Morgan fingerprint density at radius 1 is 1.18 bits per heavy atom. The van der Waals surface area contributed by atoms with E-state index >= 15 is 0 Å². The Kier molecular flexibility index (Phi) is 7.26. The molecule has 0 saturated carbocycles. The number of carbonyl (C=O) groups excluding carboxylic acids is 1. The molecule has 2 aromatic rings. The lowest BCUT2D eigenvalue weighted by Gasteiger charge is -2.40. The maximum absolute atomic E-state index is 13.6. The minimum atomic E-state index is -0.863. The number of nitrogen functional groups attached to an aromatic ring is 1. The lowest BCUT2D eigenvalue weighted by molar-refractivity contribution is -0.149. The molecule has 2 saturated heterocycles. The molecule has 34 heavy (non-hydrogen) atoms. The Hall–Kier alpha value is -2.87. The number of carboxylic acid groups (broad SMARTS) is 1. The molecule has 1 aromatic heterocycles. The summed E-state index contributed by atoms with van der Waals surface area (Å²) in [6.07, 6.45) is 6.40. The van der Waals surface area contributed by atoms with E-state index in [4.69, 9.17) is 11.1 Å². The van der Waals surface area contributed by atoms with Crippen LogP contribution in [0.1, 0.15) is 63.6 Å². The largest absolute Gasteiger partial charge is 0.480 e. The normalized spacial score (nSPS) is 22.2. The van der Waals surface area contributed by atoms with Crippen molar-refractivity contribution in [3.05, 3.63) is 35.5 Å². The molecule has 3 unspecified atom stereocenters. The summed E-state index contributed by atoms with van der Waals surface area (Å²) < 4.78 is 2.28. The van der Waals surface area contributed by atoms with Crippen LogP contribution in [0.2, 0.25) is 0 Å². The fourth-order valence-corrected chi connectivity index (χ4v) is 5.82. The number of aryl methyl sites for hydroxylation is 2. The molecule has 1 aromatic carbocycles. The fraction of sp³-hybridized carbons (Fsp3) is 0.577. The first-order valence-corrected chi connectivity index (χ1v) is 12.6. The number of amides is 1. The number of piperidine rings is 1. The molecule has 2 aliphatic heterocycles. The average molecular weight is 468 g/mol. The third-order valence-electron chi connectivity index (χ3n) is 7.70. The molecule has 0 radical (unpaired) electrons. The van der Waals surface area contributed by atoms with E-state index in [2.05, 4.69) is 17.6 Å². The number of carboxylic acids is 1. The van der Waals surface area contributed by atoms with Crippen LogP contribution in [0.25, 0.3) is 10.9 Å². The van der Waals surface area contributed by atoms with Crippen LogP contribution in [0, 0.1) is 5.41 Å². The molecule has 2 fully saturated rings. The van der Waals surface area contributed by atoms with E-state index in [0.717, 1.165) is 74.5 Å². The van der Waals surface area contributed by atoms with Gasteiger partial charge in [0.15, 0.2) is 0 Å². The second-order valence-corrected chi connectivity index (χ2v) is 9.70. The number of aromatic nitrogens is 1. The van der Waals surface area contributed by atoms with Gasteiger partial charge in [-0.2, -0.15) is 0 Å². The molecule has 3 atom stereocenters. The van der Waals surface area contributed by atoms with Gasteiger partial charge < -0.3 is 20.3 Å². The van der Waals surface area contributed by atoms with Crippen molar-refractivity contribution in [3.8, 4) is 0 Å². The van der Waals surface area contributed by atoms with Crippen molar-refractivity contribution in [2.24, 2.45) is 5.73 Å². The van der Waals surface area contributed by atoms with Crippen LogP contribution in [0.4, 0.5) is 0 Å². The van der Waals surface area contributed by atoms with Gasteiger partial charge in [0.25, 0.3) is 0 Å². The van der Waals surface area contributed by atoms with E-state index in [-0.39, 0.29) is 23.8 Å². The lowest BCUT2D eigenvalue weighted by Crippen LogP contribution is -2.56. The Morgan fingerprint density at radius 2 is 1.97 bits per heavy atom. The summed E-state index contributed by atoms with van der Waals surface area (Å²) in [7, 11) is 0. The maximum Gasteiger partial charge on any atom is 0.320 e. The average Bonchev–Trinajstić information content (AvgIpc) is 3.44. The van der Waals surface area contributed by atoms with Crippen molar-refractivity contribution in [3.63, 3.8) is 0 Å². The number of likely N-dealkylation sites (tertiary alicyclic amines) is 2. The highest BCUT2D eigenvalue weighted by Gasteiger charge is 2.39. The van der Waals surface area contributed by atoms with Gasteiger partial charge in [0.2, 0.25) is 5.91 Å². The molecule has 0 bridgehead atoms. The number of carbonyl (C=O) groups is 2. The van der Waals surface area contributed by atoms with Crippen LogP contribution in [0.15, 0.2) is 24.3 Å². The Bertz CT molecular complexity index is 1080. The van der Waals surface area contributed by atoms with Crippen molar-refractivity contribution >= 4 is 28.6 Å². The van der Waals surface area contributed by atoms with Gasteiger partial charge in [-0.15, -0.1) is 0 Å². The predicted octanol–water partition coefficient (Wildman–Crippen LogP) is 3.20. The Balaban J connectivity index is 1.49. The number of nitrogens with one attached hydrogen (secondary N) is 1. The summed E-state index contributed by atoms with van der Waals surface area (Å²) in [5, 5.41) is 18.4. The molecule has 0 spiro atoms. The van der Waals surface area contributed by atoms with Gasteiger partial charge in [-0.1, -0.05) is 18.6 Å². The second kappa shape index (κ2) is 10.2. The zero-order valence-corrected chi connectivity index (χ0v) is 20.3. The maximum atomic E-state index is 13.6. The highest BCUT2D eigenvalue weighted by Crippen LogP contribution is 2.29. The van der Waals surface area contributed by atoms with Crippen molar-refractivity contribution in [1.82, 2.24) is 14.4 Å². The standard InChI is InChI=1S/C26H37N5O3/c1-3-29-21(15-18-9-10-19(24(27)28)16-23(18)29)12-11-20-7-6-14-31(20)25(32)22-8-4-5-13-30(22)17(2)26(33)34/h9-10,15-17,20,22H,3-8,11-14H2,1-2H3,(H3,27,28)(H,33,34). The van der Waals surface area contributed by atoms with Gasteiger partial charge >= 0.3 is 5.97 Å². The first-order chi connectivity index (χ1) is 16.3. The summed E-state index contributed by atoms with van der Waals surface area (Å²) in [4.78, 5) is 29.1. The van der Waals surface area contributed by atoms with Gasteiger partial charge in [0, 0.05) is 35.9 Å². The minimum Gasteiger partial charge on any atom is -0.480 e. The van der Waals surface area contributed by atoms with Crippen molar-refractivity contribution in [2.45, 2.75) is 83.5 Å². The number of nitrogens with two attached hydrogens (primary N) is 1. The number of amidine groups is 1. The predicted molar refractivity (Wildman–Crippen MR) is 133 cm³/mol. The topological polar surface area (TPSA) is 116 Å². The first-order valence-electron chi connectivity index (χ1n) is 12.6. The fourth-order valence-electron chi connectivity index (χ4n) is 5.82. The van der Waals surface area contributed by atoms with E-state index in [1.54, 1.807) is 6.92 Å².